The normalized spacial score (nSPS) is 14.5. The molecule has 19 heavy (non-hydrogen) atoms. The summed E-state index contributed by atoms with van der Waals surface area (Å²) >= 11 is 0. The first-order valence-corrected chi connectivity index (χ1v) is 8.06. The Morgan fingerprint density at radius 1 is 0.947 bits per heavy atom. The lowest BCUT2D eigenvalue weighted by Gasteiger charge is -2.11. The second-order valence-corrected chi connectivity index (χ2v) is 5.06. The van der Waals surface area contributed by atoms with Gasteiger partial charge in [-0.25, -0.2) is 9.45 Å². The number of rotatable bonds is 14. The van der Waals surface area contributed by atoms with Crippen molar-refractivity contribution in [3.05, 3.63) is 0 Å². The summed E-state index contributed by atoms with van der Waals surface area (Å²) in [6.45, 7) is 5.90. The summed E-state index contributed by atoms with van der Waals surface area (Å²) in [5.41, 5.74) is 0. The van der Waals surface area contributed by atoms with E-state index in [9.17, 15) is 9.46 Å². The van der Waals surface area contributed by atoms with Crippen molar-refractivity contribution in [2.45, 2.75) is 33.1 Å². The van der Waals surface area contributed by atoms with Gasteiger partial charge in [-0.05, 0) is 13.3 Å². The van der Waals surface area contributed by atoms with Crippen molar-refractivity contribution >= 4 is 7.82 Å². The number of hydrogen-bond donors (Lipinski definition) is 1. The monoisotopic (exact) mass is 300 g/mol. The molecule has 0 heterocycles. The Kier molecular flexibility index (Phi) is 13.0. The zero-order valence-corrected chi connectivity index (χ0v) is 12.6. The molecule has 0 aliphatic rings. The van der Waals surface area contributed by atoms with Crippen molar-refractivity contribution in [2.75, 3.05) is 39.6 Å². The molecule has 0 radical (unpaired) electrons. The second-order valence-electron chi connectivity index (χ2n) is 3.71. The number of phosphoric ester groups is 1. The Morgan fingerprint density at radius 2 is 1.63 bits per heavy atom. The Bertz CT molecular complexity index is 237. The number of hydrogen-bond acceptors (Lipinski definition) is 6. The quantitative estimate of drug-likeness (QED) is 0.228. The SMILES string of the molecule is CCCCCOOP(=O)(O)OCCOCCOCC. The van der Waals surface area contributed by atoms with E-state index in [2.05, 4.69) is 14.1 Å². The molecule has 0 bridgehead atoms. The van der Waals surface area contributed by atoms with Gasteiger partial charge in [0.05, 0.1) is 33.0 Å². The van der Waals surface area contributed by atoms with E-state index in [0.29, 0.717) is 19.8 Å². The van der Waals surface area contributed by atoms with Crippen molar-refractivity contribution in [1.82, 2.24) is 0 Å². The third-order valence-corrected chi connectivity index (χ3v) is 2.84. The summed E-state index contributed by atoms with van der Waals surface area (Å²) in [5.74, 6) is 0. The molecule has 0 spiro atoms. The van der Waals surface area contributed by atoms with Crippen LogP contribution in [0, 0.1) is 0 Å². The Hall–Kier alpha value is -0.0100. The minimum absolute atomic E-state index is 0.0434. The fourth-order valence-corrected chi connectivity index (χ4v) is 1.67. The van der Waals surface area contributed by atoms with Gasteiger partial charge in [-0.2, -0.15) is 0 Å². The van der Waals surface area contributed by atoms with Gasteiger partial charge in [-0.3, -0.25) is 4.52 Å². The first-order valence-electron chi connectivity index (χ1n) is 6.56. The van der Waals surface area contributed by atoms with Crippen LogP contribution in [0.3, 0.4) is 0 Å². The van der Waals surface area contributed by atoms with E-state index in [1.807, 2.05) is 13.8 Å². The number of unbranched alkanes of at least 4 members (excludes halogenated alkanes) is 2. The van der Waals surface area contributed by atoms with Crippen LogP contribution in [0.5, 0.6) is 0 Å². The van der Waals surface area contributed by atoms with Crippen LogP contribution in [0.1, 0.15) is 33.1 Å². The molecule has 0 aromatic carbocycles. The van der Waals surface area contributed by atoms with Crippen molar-refractivity contribution in [2.24, 2.45) is 0 Å². The molecule has 0 amide bonds. The average Bonchev–Trinajstić information content (AvgIpc) is 2.37. The number of phosphoric acid groups is 1. The van der Waals surface area contributed by atoms with Gasteiger partial charge >= 0.3 is 7.82 Å². The molecule has 0 aromatic rings. The Morgan fingerprint density at radius 3 is 2.32 bits per heavy atom. The smallest absolute Gasteiger partial charge is 0.379 e. The van der Waals surface area contributed by atoms with Gasteiger partial charge < -0.3 is 14.4 Å². The first-order chi connectivity index (χ1) is 9.12. The molecule has 0 saturated carbocycles. The van der Waals surface area contributed by atoms with Crippen LogP contribution in [0.4, 0.5) is 0 Å². The fourth-order valence-electron chi connectivity index (χ4n) is 1.11. The van der Waals surface area contributed by atoms with Gasteiger partial charge in [0.1, 0.15) is 0 Å². The Labute approximate surface area is 114 Å². The maximum Gasteiger partial charge on any atom is 0.499 e. The van der Waals surface area contributed by atoms with Gasteiger partial charge in [0, 0.05) is 6.61 Å². The van der Waals surface area contributed by atoms with Gasteiger partial charge in [0.2, 0.25) is 0 Å². The van der Waals surface area contributed by atoms with Crippen LogP contribution in [0.2, 0.25) is 0 Å². The van der Waals surface area contributed by atoms with E-state index in [1.54, 1.807) is 0 Å². The summed E-state index contributed by atoms with van der Waals surface area (Å²) in [6.07, 6.45) is 2.79. The first kappa shape index (κ1) is 19.0. The summed E-state index contributed by atoms with van der Waals surface area (Å²) in [7, 11) is -4.14. The van der Waals surface area contributed by atoms with E-state index in [-0.39, 0.29) is 19.8 Å². The lowest BCUT2D eigenvalue weighted by Crippen LogP contribution is -2.09. The second kappa shape index (κ2) is 13.0. The summed E-state index contributed by atoms with van der Waals surface area (Å²) in [6, 6.07) is 0. The molecule has 0 aliphatic carbocycles. The highest BCUT2D eigenvalue weighted by Gasteiger charge is 2.22. The zero-order valence-electron chi connectivity index (χ0n) is 11.7. The van der Waals surface area contributed by atoms with E-state index >= 15 is 0 Å². The molecule has 8 heteroatoms. The van der Waals surface area contributed by atoms with E-state index in [1.165, 1.54) is 0 Å². The molecule has 1 unspecified atom stereocenters. The molecule has 0 saturated heterocycles. The third kappa shape index (κ3) is 14.2. The maximum absolute atomic E-state index is 11.3. The van der Waals surface area contributed by atoms with Crippen LogP contribution in [0.15, 0.2) is 0 Å². The van der Waals surface area contributed by atoms with E-state index in [0.717, 1.165) is 19.3 Å². The van der Waals surface area contributed by atoms with Crippen LogP contribution < -0.4 is 0 Å². The highest BCUT2D eigenvalue weighted by Crippen LogP contribution is 2.43. The largest absolute Gasteiger partial charge is 0.499 e. The van der Waals surface area contributed by atoms with Crippen molar-refractivity contribution in [3.8, 4) is 0 Å². The highest BCUT2D eigenvalue weighted by molar-refractivity contribution is 7.47. The average molecular weight is 300 g/mol. The molecule has 0 rings (SSSR count). The molecule has 7 nitrogen and oxygen atoms in total. The van der Waals surface area contributed by atoms with Crippen molar-refractivity contribution in [3.63, 3.8) is 0 Å². The molecular formula is C11H25O7P. The van der Waals surface area contributed by atoms with Crippen LogP contribution in [-0.4, -0.2) is 44.5 Å². The lowest BCUT2D eigenvalue weighted by atomic mass is 10.3. The minimum atomic E-state index is -4.14. The van der Waals surface area contributed by atoms with Crippen LogP contribution >= 0.6 is 7.82 Å². The van der Waals surface area contributed by atoms with Crippen LogP contribution in [-0.2, 0) is 28.1 Å². The van der Waals surface area contributed by atoms with Gasteiger partial charge in [0.25, 0.3) is 0 Å². The van der Waals surface area contributed by atoms with Crippen molar-refractivity contribution in [1.29, 1.82) is 0 Å². The highest BCUT2D eigenvalue weighted by atomic mass is 31.2. The molecule has 0 fully saturated rings. The van der Waals surface area contributed by atoms with Crippen molar-refractivity contribution < 1.29 is 33.0 Å². The zero-order chi connectivity index (χ0) is 14.4. The van der Waals surface area contributed by atoms with Gasteiger partial charge in [0.15, 0.2) is 0 Å². The fraction of sp³-hybridized carbons (Fsp3) is 1.00. The standard InChI is InChI=1S/C11H25O7P/c1-3-5-6-7-16-18-19(12,13)17-11-10-15-9-8-14-4-2/h3-11H2,1-2H3,(H,12,13). The topological polar surface area (TPSA) is 83.5 Å². The predicted octanol–water partition coefficient (Wildman–Crippen LogP) is 2.29. The summed E-state index contributed by atoms with van der Waals surface area (Å²) < 4.78 is 30.4. The van der Waals surface area contributed by atoms with Gasteiger partial charge in [-0.1, -0.05) is 19.8 Å². The van der Waals surface area contributed by atoms with Gasteiger partial charge in [-0.15, -0.1) is 4.67 Å². The predicted molar refractivity (Wildman–Crippen MR) is 69.7 cm³/mol. The Balaban J connectivity index is 3.38. The van der Waals surface area contributed by atoms with E-state index in [4.69, 9.17) is 9.47 Å². The number of ether oxygens (including phenoxy) is 2. The summed E-state index contributed by atoms with van der Waals surface area (Å²) in [5, 5.41) is 0. The molecule has 116 valence electrons. The molecule has 0 aromatic heterocycles. The molecule has 0 aliphatic heterocycles. The molecular weight excluding hydrogens is 275 g/mol. The maximum atomic E-state index is 11.3. The minimum Gasteiger partial charge on any atom is -0.379 e. The molecule has 1 atom stereocenters. The lowest BCUT2D eigenvalue weighted by molar-refractivity contribution is -0.225. The summed E-state index contributed by atoms with van der Waals surface area (Å²) in [4.78, 5) is 13.8. The molecule has 1 N–H and O–H groups in total. The van der Waals surface area contributed by atoms with Crippen LogP contribution in [0.25, 0.3) is 0 Å². The van der Waals surface area contributed by atoms with E-state index < -0.39 is 7.82 Å². The third-order valence-electron chi connectivity index (χ3n) is 2.04.